The van der Waals surface area contributed by atoms with Gasteiger partial charge in [-0.15, -0.1) is 0 Å². The summed E-state index contributed by atoms with van der Waals surface area (Å²) in [5.41, 5.74) is 0.347. The Morgan fingerprint density at radius 1 is 1.33 bits per heavy atom. The summed E-state index contributed by atoms with van der Waals surface area (Å²) >= 11 is 0. The topological polar surface area (TPSA) is 72.3 Å². The van der Waals surface area contributed by atoms with Gasteiger partial charge >= 0.3 is 5.97 Å². The number of carbonyl (C=O) groups is 1. The van der Waals surface area contributed by atoms with Crippen molar-refractivity contribution in [3.63, 3.8) is 0 Å². The zero-order valence-electron chi connectivity index (χ0n) is 9.42. The quantitative estimate of drug-likeness (QED) is 0.902. The summed E-state index contributed by atoms with van der Waals surface area (Å²) in [6.45, 7) is 1.71. The molecule has 5 nitrogen and oxygen atoms in total. The fourth-order valence-corrected chi connectivity index (χ4v) is 1.33. The number of aromatic carboxylic acids is 1. The van der Waals surface area contributed by atoms with Gasteiger partial charge in [-0.2, -0.15) is 0 Å². The Morgan fingerprint density at radius 3 is 2.78 bits per heavy atom. The molecular formula is C12H9FN2O3. The molecule has 0 aliphatic carbocycles. The molecule has 0 unspecified atom stereocenters. The lowest BCUT2D eigenvalue weighted by atomic mass is 10.2. The van der Waals surface area contributed by atoms with Gasteiger partial charge in [0.15, 0.2) is 0 Å². The van der Waals surface area contributed by atoms with E-state index in [0.29, 0.717) is 5.56 Å². The van der Waals surface area contributed by atoms with Crippen LogP contribution >= 0.6 is 0 Å². The molecule has 0 aliphatic heterocycles. The average molecular weight is 248 g/mol. The third-order valence-corrected chi connectivity index (χ3v) is 2.22. The van der Waals surface area contributed by atoms with Gasteiger partial charge in [-0.05, 0) is 18.6 Å². The Labute approximate surface area is 102 Å². The summed E-state index contributed by atoms with van der Waals surface area (Å²) in [6.07, 6.45) is 2.55. The van der Waals surface area contributed by atoms with Gasteiger partial charge in [-0.1, -0.05) is 6.07 Å². The minimum absolute atomic E-state index is 0.168. The Balaban J connectivity index is 2.40. The molecule has 0 radical (unpaired) electrons. The highest BCUT2D eigenvalue weighted by atomic mass is 19.1. The molecule has 2 rings (SSSR count). The third-order valence-electron chi connectivity index (χ3n) is 2.22. The molecule has 0 amide bonds. The van der Waals surface area contributed by atoms with Crippen LogP contribution in [0.15, 0.2) is 30.6 Å². The first-order valence-corrected chi connectivity index (χ1v) is 5.06. The first-order chi connectivity index (χ1) is 8.58. The highest BCUT2D eigenvalue weighted by Crippen LogP contribution is 2.25. The van der Waals surface area contributed by atoms with E-state index in [4.69, 9.17) is 9.84 Å². The number of aromatic nitrogens is 2. The molecule has 1 aromatic heterocycles. The standard InChI is InChI=1S/C12H9FN2O3/c1-7-2-3-8(13)6-9(7)18-11-10(12(16)17)14-4-5-15-11/h2-6H,1H3,(H,16,17). The van der Waals surface area contributed by atoms with Crippen LogP contribution in [0.5, 0.6) is 11.6 Å². The first-order valence-electron chi connectivity index (χ1n) is 5.06. The Hall–Kier alpha value is -2.50. The van der Waals surface area contributed by atoms with Gasteiger partial charge in [0.1, 0.15) is 11.6 Å². The van der Waals surface area contributed by atoms with Crippen LogP contribution in [0.3, 0.4) is 0 Å². The van der Waals surface area contributed by atoms with E-state index in [1.165, 1.54) is 24.5 Å². The number of benzene rings is 1. The fraction of sp³-hybridized carbons (Fsp3) is 0.0833. The van der Waals surface area contributed by atoms with Gasteiger partial charge in [-0.25, -0.2) is 19.2 Å². The van der Waals surface area contributed by atoms with Crippen LogP contribution in [-0.4, -0.2) is 21.0 Å². The fourth-order valence-electron chi connectivity index (χ4n) is 1.33. The van der Waals surface area contributed by atoms with Crippen molar-refractivity contribution in [3.05, 3.63) is 47.7 Å². The lowest BCUT2D eigenvalue weighted by Gasteiger charge is -2.08. The van der Waals surface area contributed by atoms with Crippen molar-refractivity contribution < 1.29 is 19.0 Å². The summed E-state index contributed by atoms with van der Waals surface area (Å²) in [6, 6.07) is 3.98. The molecule has 18 heavy (non-hydrogen) atoms. The smallest absolute Gasteiger partial charge is 0.360 e. The number of aryl methyl sites for hydroxylation is 1. The van der Waals surface area contributed by atoms with Crippen LogP contribution < -0.4 is 4.74 Å². The van der Waals surface area contributed by atoms with Crippen molar-refractivity contribution in [3.8, 4) is 11.6 Å². The SMILES string of the molecule is Cc1ccc(F)cc1Oc1nccnc1C(=O)O. The second kappa shape index (κ2) is 4.79. The molecule has 0 aliphatic rings. The number of halogens is 1. The van der Waals surface area contributed by atoms with Gasteiger partial charge in [-0.3, -0.25) is 0 Å². The molecule has 0 spiro atoms. The molecule has 0 fully saturated rings. The van der Waals surface area contributed by atoms with Crippen molar-refractivity contribution in [2.45, 2.75) is 6.92 Å². The van der Waals surface area contributed by atoms with Crippen LogP contribution in [0.25, 0.3) is 0 Å². The van der Waals surface area contributed by atoms with Gasteiger partial charge in [0, 0.05) is 18.5 Å². The molecule has 6 heteroatoms. The average Bonchev–Trinajstić information content (AvgIpc) is 2.34. The van der Waals surface area contributed by atoms with Crippen LogP contribution in [0.1, 0.15) is 16.1 Å². The molecule has 1 aromatic carbocycles. The maximum atomic E-state index is 13.1. The minimum atomic E-state index is -1.26. The van der Waals surface area contributed by atoms with E-state index < -0.39 is 11.8 Å². The Bertz CT molecular complexity index is 602. The van der Waals surface area contributed by atoms with Crippen LogP contribution in [0, 0.1) is 12.7 Å². The number of ether oxygens (including phenoxy) is 1. The maximum absolute atomic E-state index is 13.1. The minimum Gasteiger partial charge on any atom is -0.476 e. The van der Waals surface area contributed by atoms with Crippen LogP contribution in [0.4, 0.5) is 4.39 Å². The van der Waals surface area contributed by atoms with Crippen molar-refractivity contribution in [2.24, 2.45) is 0 Å². The number of rotatable bonds is 3. The molecule has 2 aromatic rings. The molecule has 1 N–H and O–H groups in total. The number of hydrogen-bond acceptors (Lipinski definition) is 4. The molecule has 0 saturated carbocycles. The van der Waals surface area contributed by atoms with Crippen LogP contribution in [0.2, 0.25) is 0 Å². The third kappa shape index (κ3) is 2.42. The molecule has 0 atom stereocenters. The van der Waals surface area contributed by atoms with Crippen molar-refractivity contribution in [2.75, 3.05) is 0 Å². The lowest BCUT2D eigenvalue weighted by molar-refractivity contribution is 0.0686. The van der Waals surface area contributed by atoms with Crippen LogP contribution in [-0.2, 0) is 0 Å². The van der Waals surface area contributed by atoms with Crippen molar-refractivity contribution >= 4 is 5.97 Å². The van der Waals surface area contributed by atoms with E-state index in [1.54, 1.807) is 6.92 Å². The number of nitrogens with zero attached hydrogens (tertiary/aromatic N) is 2. The van der Waals surface area contributed by atoms with E-state index >= 15 is 0 Å². The van der Waals surface area contributed by atoms with E-state index in [2.05, 4.69) is 9.97 Å². The zero-order chi connectivity index (χ0) is 13.1. The highest BCUT2D eigenvalue weighted by Gasteiger charge is 2.15. The van der Waals surface area contributed by atoms with E-state index in [9.17, 15) is 9.18 Å². The Kier molecular flexibility index (Phi) is 3.18. The van der Waals surface area contributed by atoms with Gasteiger partial charge in [0.05, 0.1) is 0 Å². The normalized spacial score (nSPS) is 10.1. The van der Waals surface area contributed by atoms with E-state index in [-0.39, 0.29) is 17.3 Å². The monoisotopic (exact) mass is 248 g/mol. The second-order valence-electron chi connectivity index (χ2n) is 3.53. The summed E-state index contributed by atoms with van der Waals surface area (Å²) < 4.78 is 18.4. The van der Waals surface area contributed by atoms with Gasteiger partial charge in [0.2, 0.25) is 5.69 Å². The first kappa shape index (κ1) is 12.0. The predicted molar refractivity (Wildman–Crippen MR) is 60.2 cm³/mol. The lowest BCUT2D eigenvalue weighted by Crippen LogP contribution is -2.05. The number of hydrogen-bond donors (Lipinski definition) is 1. The van der Waals surface area contributed by atoms with Crippen molar-refractivity contribution in [1.29, 1.82) is 0 Å². The largest absolute Gasteiger partial charge is 0.476 e. The Morgan fingerprint density at radius 2 is 2.06 bits per heavy atom. The van der Waals surface area contributed by atoms with Gasteiger partial charge in [0.25, 0.3) is 5.88 Å². The molecular weight excluding hydrogens is 239 g/mol. The van der Waals surface area contributed by atoms with Crippen molar-refractivity contribution in [1.82, 2.24) is 9.97 Å². The number of carboxylic acid groups (broad SMARTS) is 1. The summed E-state index contributed by atoms with van der Waals surface area (Å²) in [5, 5.41) is 8.91. The van der Waals surface area contributed by atoms with Gasteiger partial charge < -0.3 is 9.84 Å². The zero-order valence-corrected chi connectivity index (χ0v) is 9.42. The van der Waals surface area contributed by atoms with E-state index in [0.717, 1.165) is 6.07 Å². The summed E-state index contributed by atoms with van der Waals surface area (Å²) in [5.74, 6) is -1.69. The number of carboxylic acids is 1. The molecule has 92 valence electrons. The predicted octanol–water partition coefficient (Wildman–Crippen LogP) is 2.41. The van der Waals surface area contributed by atoms with E-state index in [1.807, 2.05) is 0 Å². The molecule has 1 heterocycles. The molecule has 0 saturated heterocycles. The summed E-state index contributed by atoms with van der Waals surface area (Å²) in [7, 11) is 0. The summed E-state index contributed by atoms with van der Waals surface area (Å²) in [4.78, 5) is 18.3. The highest BCUT2D eigenvalue weighted by molar-refractivity contribution is 5.87. The maximum Gasteiger partial charge on any atom is 0.360 e. The second-order valence-corrected chi connectivity index (χ2v) is 3.53. The molecule has 0 bridgehead atoms.